The summed E-state index contributed by atoms with van der Waals surface area (Å²) in [5.74, 6) is -2.06. The number of carbonyl (C=O) groups excluding carboxylic acids is 5. The molecule has 3 unspecified atom stereocenters. The molecule has 0 aliphatic carbocycles. The number of rotatable bonds is 10. The van der Waals surface area contributed by atoms with Crippen LogP contribution in [0.4, 0.5) is 0 Å². The van der Waals surface area contributed by atoms with Crippen LogP contribution in [0.25, 0.3) is 0 Å². The summed E-state index contributed by atoms with van der Waals surface area (Å²) in [7, 11) is 0. The van der Waals surface area contributed by atoms with Crippen molar-refractivity contribution >= 4 is 66.4 Å². The second-order valence-corrected chi connectivity index (χ2v) is 15.0. The maximum Gasteiger partial charge on any atom is 0.305 e. The number of hydrogen-bond acceptors (Lipinski definition) is 12. The van der Waals surface area contributed by atoms with E-state index in [0.29, 0.717) is 63.9 Å². The van der Waals surface area contributed by atoms with Crippen LogP contribution in [0.15, 0.2) is 30.3 Å². The van der Waals surface area contributed by atoms with Crippen LogP contribution in [0.3, 0.4) is 0 Å². The Balaban J connectivity index is 2.20. The Morgan fingerprint density at radius 2 is 1.20 bits per heavy atom. The van der Waals surface area contributed by atoms with Gasteiger partial charge in [0.1, 0.15) is 0 Å². The first-order chi connectivity index (χ1) is 26.9. The molecule has 17 heteroatoms. The van der Waals surface area contributed by atoms with Crippen LogP contribution < -0.4 is 37.6 Å². The number of carbonyl (C=O) groups is 6. The lowest BCUT2D eigenvalue weighted by atomic mass is 9.98. The summed E-state index contributed by atoms with van der Waals surface area (Å²) in [4.78, 5) is 78.3. The van der Waals surface area contributed by atoms with E-state index in [9.17, 15) is 33.9 Å². The number of amides is 2. The fourth-order valence-corrected chi connectivity index (χ4v) is 7.08. The molecule has 314 valence electrons. The van der Waals surface area contributed by atoms with Gasteiger partial charge in [0.25, 0.3) is 0 Å². The summed E-state index contributed by atoms with van der Waals surface area (Å²) >= 11 is 8.75. The topological polar surface area (TPSA) is 245 Å². The number of Topliss-reactive ketones (excluding diaryl/α,β-unsaturated/α-hetero) is 3. The fraction of sp³-hybridized carbons (Fsp3) is 0.667. The first-order valence-electron chi connectivity index (χ1n) is 19.9. The van der Waals surface area contributed by atoms with Crippen molar-refractivity contribution in [3.63, 3.8) is 0 Å². The molecule has 0 saturated carbocycles. The third kappa shape index (κ3) is 20.6. The number of guanidine groups is 1. The van der Waals surface area contributed by atoms with Crippen LogP contribution in [0.5, 0.6) is 0 Å². The molecule has 56 heavy (non-hydrogen) atoms. The number of nitrogens with two attached hydrogens (primary N) is 1. The highest BCUT2D eigenvalue weighted by atomic mass is 32.1. The second kappa shape index (κ2) is 28.8. The molecule has 15 nitrogen and oxygen atoms in total. The molecule has 2 amide bonds. The lowest BCUT2D eigenvalue weighted by Gasteiger charge is -2.23. The van der Waals surface area contributed by atoms with E-state index in [0.717, 1.165) is 37.7 Å². The van der Waals surface area contributed by atoms with Gasteiger partial charge in [0.2, 0.25) is 11.8 Å². The van der Waals surface area contributed by atoms with E-state index in [1.807, 2.05) is 30.3 Å². The van der Waals surface area contributed by atoms with Crippen LogP contribution in [-0.4, -0.2) is 114 Å². The normalized spacial score (nSPS) is 24.5. The third-order valence-electron chi connectivity index (χ3n) is 9.69. The van der Waals surface area contributed by atoms with E-state index in [4.69, 9.17) is 11.1 Å². The highest BCUT2D eigenvalue weighted by Crippen LogP contribution is 2.13. The van der Waals surface area contributed by atoms with Crippen LogP contribution in [-0.2, 0) is 35.2 Å². The number of nitrogens with one attached hydrogen (secondary N) is 7. The first kappa shape index (κ1) is 48.6. The standard InChI is InChI=1S/C39H64N8O7S2/c40-39(41)45-20-12-15-28-33(48)16-8-3-1-2-4-9-17-35(50)31(25-55)43-21-22-44-32(26-56)38(54)47-29(23-27-13-6-5-7-14-27)34(49)18-10-11-19-42-30(24-36(51)52)37(53)46-28/h5-7,13-14,28-32,42-44,55-56H,1-4,8-12,15-26H2,(H,46,53)(H,47,54)(H,51,52)(H4,40,41,45)/t28?,29?,30-,31?,32-/m0/s1. The number of carboxylic acid groups (broad SMARTS) is 1. The van der Waals surface area contributed by atoms with Crippen LogP contribution in [0.1, 0.15) is 95.5 Å². The molecule has 1 saturated heterocycles. The highest BCUT2D eigenvalue weighted by Gasteiger charge is 2.28. The molecule has 0 aromatic heterocycles. The Bertz CT molecular complexity index is 1390. The van der Waals surface area contributed by atoms with Gasteiger partial charge in [-0.05, 0) is 57.1 Å². The summed E-state index contributed by atoms with van der Waals surface area (Å²) in [5, 5.41) is 34.7. The molecular formula is C39H64N8O7S2. The minimum absolute atomic E-state index is 0.0766. The molecule has 5 atom stereocenters. The third-order valence-corrected chi connectivity index (χ3v) is 10.4. The Hall–Kier alpha value is -3.51. The molecule has 1 aromatic carbocycles. The Labute approximate surface area is 342 Å². The van der Waals surface area contributed by atoms with Crippen LogP contribution in [0.2, 0.25) is 0 Å². The second-order valence-electron chi connectivity index (χ2n) is 14.3. The van der Waals surface area contributed by atoms with E-state index < -0.39 is 48.5 Å². The van der Waals surface area contributed by atoms with Gasteiger partial charge in [-0.3, -0.25) is 34.2 Å². The monoisotopic (exact) mass is 820 g/mol. The predicted molar refractivity (Wildman–Crippen MR) is 224 cm³/mol. The van der Waals surface area contributed by atoms with Gasteiger partial charge in [0.15, 0.2) is 23.3 Å². The van der Waals surface area contributed by atoms with Gasteiger partial charge in [0.05, 0.1) is 36.6 Å². The quantitative estimate of drug-likeness (QED) is 0.0700. The van der Waals surface area contributed by atoms with Gasteiger partial charge in [0, 0.05) is 50.4 Å². The lowest BCUT2D eigenvalue weighted by Crippen LogP contribution is -2.53. The highest BCUT2D eigenvalue weighted by molar-refractivity contribution is 7.80. The average Bonchev–Trinajstić information content (AvgIpc) is 3.17. The molecule has 1 fully saturated rings. The molecule has 1 heterocycles. The summed E-state index contributed by atoms with van der Waals surface area (Å²) in [6, 6.07) is 5.53. The maximum absolute atomic E-state index is 13.5. The Kier molecular flexibility index (Phi) is 25.0. The SMILES string of the molecule is N=C(N)NCCCC1NC(=O)[C@H](CC(=O)O)NCCCCC(=O)C(Cc2ccccc2)NC(=O)[C@H](CS)NCCNC(CS)C(=O)CCCCCCCCC1=O. The van der Waals surface area contributed by atoms with E-state index in [1.54, 1.807) is 0 Å². The zero-order valence-corrected chi connectivity index (χ0v) is 34.3. The van der Waals surface area contributed by atoms with E-state index >= 15 is 0 Å². The predicted octanol–water partition coefficient (Wildman–Crippen LogP) is 1.68. The number of carboxylic acids is 1. The molecule has 0 radical (unpaired) electrons. The minimum Gasteiger partial charge on any atom is -0.481 e. The van der Waals surface area contributed by atoms with Crippen LogP contribution >= 0.6 is 25.3 Å². The van der Waals surface area contributed by atoms with Gasteiger partial charge in [-0.2, -0.15) is 25.3 Å². The van der Waals surface area contributed by atoms with Gasteiger partial charge in [-0.15, -0.1) is 0 Å². The van der Waals surface area contributed by atoms with E-state index in [-0.39, 0.29) is 60.8 Å². The van der Waals surface area contributed by atoms with Gasteiger partial charge >= 0.3 is 5.97 Å². The zero-order chi connectivity index (χ0) is 41.1. The molecule has 2 rings (SSSR count). The summed E-state index contributed by atoms with van der Waals surface area (Å²) in [6.45, 7) is 1.40. The maximum atomic E-state index is 13.5. The van der Waals surface area contributed by atoms with Gasteiger partial charge in [-0.25, -0.2) is 0 Å². The van der Waals surface area contributed by atoms with Gasteiger partial charge in [-0.1, -0.05) is 56.0 Å². The van der Waals surface area contributed by atoms with Crippen molar-refractivity contribution in [1.82, 2.24) is 31.9 Å². The lowest BCUT2D eigenvalue weighted by molar-refractivity contribution is -0.140. The number of benzene rings is 1. The minimum atomic E-state index is -1.18. The Morgan fingerprint density at radius 1 is 0.696 bits per heavy atom. The smallest absolute Gasteiger partial charge is 0.305 e. The molecule has 1 aromatic rings. The largest absolute Gasteiger partial charge is 0.481 e. The van der Waals surface area contributed by atoms with E-state index in [2.05, 4.69) is 57.2 Å². The van der Waals surface area contributed by atoms with Crippen molar-refractivity contribution < 1.29 is 33.9 Å². The summed E-state index contributed by atoms with van der Waals surface area (Å²) < 4.78 is 0. The molecule has 0 spiro atoms. The molecule has 1 aliphatic rings. The number of ketones is 3. The zero-order valence-electron chi connectivity index (χ0n) is 32.5. The number of hydrogen-bond donors (Lipinski definition) is 11. The van der Waals surface area contributed by atoms with Crippen molar-refractivity contribution in [2.45, 2.75) is 127 Å². The van der Waals surface area contributed by atoms with Crippen molar-refractivity contribution in [2.24, 2.45) is 5.73 Å². The number of aliphatic carboxylic acids is 1. The molecule has 1 aliphatic heterocycles. The molecule has 0 bridgehead atoms. The van der Waals surface area contributed by atoms with Crippen molar-refractivity contribution in [1.29, 1.82) is 5.41 Å². The molecular weight excluding hydrogens is 757 g/mol. The summed E-state index contributed by atoms with van der Waals surface area (Å²) in [6.07, 6.45) is 7.05. The van der Waals surface area contributed by atoms with Crippen molar-refractivity contribution in [3.05, 3.63) is 35.9 Å². The number of thiol groups is 2. The summed E-state index contributed by atoms with van der Waals surface area (Å²) in [5.41, 5.74) is 6.26. The van der Waals surface area contributed by atoms with Gasteiger partial charge < -0.3 is 42.7 Å². The van der Waals surface area contributed by atoms with Crippen LogP contribution in [0, 0.1) is 5.41 Å². The Morgan fingerprint density at radius 3 is 1.79 bits per heavy atom. The van der Waals surface area contributed by atoms with E-state index in [1.165, 1.54) is 0 Å². The fourth-order valence-electron chi connectivity index (χ4n) is 6.46. The first-order valence-corrected chi connectivity index (χ1v) is 21.2. The molecule has 10 N–H and O–H groups in total. The van der Waals surface area contributed by atoms with Crippen molar-refractivity contribution in [2.75, 3.05) is 37.7 Å². The van der Waals surface area contributed by atoms with Crippen molar-refractivity contribution in [3.8, 4) is 0 Å². The average molecular weight is 821 g/mol.